The van der Waals surface area contributed by atoms with Gasteiger partial charge in [0, 0.05) is 5.70 Å². The van der Waals surface area contributed by atoms with Crippen molar-refractivity contribution in [2.24, 2.45) is 0 Å². The number of hydrogen-bond donors (Lipinski definition) is 1. The van der Waals surface area contributed by atoms with E-state index < -0.39 is 6.04 Å². The van der Waals surface area contributed by atoms with Crippen molar-refractivity contribution in [2.75, 3.05) is 11.9 Å². The monoisotopic (exact) mass is 337 g/mol. The van der Waals surface area contributed by atoms with E-state index in [-0.39, 0.29) is 5.97 Å². The fourth-order valence-corrected chi connectivity index (χ4v) is 2.96. The van der Waals surface area contributed by atoms with E-state index in [2.05, 4.69) is 21.5 Å². The Balaban J connectivity index is 2.15. The summed E-state index contributed by atoms with van der Waals surface area (Å²) in [5.74, 6) is 0.222. The van der Waals surface area contributed by atoms with Crippen molar-refractivity contribution in [3.8, 4) is 6.07 Å². The van der Waals surface area contributed by atoms with Crippen LogP contribution in [0.4, 0.5) is 5.95 Å². The molecule has 0 aliphatic carbocycles. The molecule has 0 amide bonds. The van der Waals surface area contributed by atoms with Crippen molar-refractivity contribution >= 4 is 11.9 Å². The van der Waals surface area contributed by atoms with Crippen molar-refractivity contribution in [3.05, 3.63) is 53.0 Å². The molecule has 7 heteroatoms. The standard InChI is InChI=1S/C18H19N5O2/c1-3-5-14-15(17(24)25-4-2)16(23-18(22-14)20-11-21-23)13-8-6-12(10-19)7-9-13/h6-9,11,16H,3-5H2,1-2H3,(H,20,21,22)/t16-/m1/s1. The van der Waals surface area contributed by atoms with Crippen LogP contribution in [0.2, 0.25) is 0 Å². The average Bonchev–Trinajstić information content (AvgIpc) is 3.09. The average molecular weight is 337 g/mol. The summed E-state index contributed by atoms with van der Waals surface area (Å²) < 4.78 is 6.97. The van der Waals surface area contributed by atoms with E-state index in [1.54, 1.807) is 23.7 Å². The van der Waals surface area contributed by atoms with Gasteiger partial charge in [0.1, 0.15) is 12.4 Å². The number of fused-ring (bicyclic) bond motifs is 1. The lowest BCUT2D eigenvalue weighted by Crippen LogP contribution is -2.30. The Hall–Kier alpha value is -3.14. The molecule has 2 aromatic rings. The van der Waals surface area contributed by atoms with Crippen LogP contribution in [-0.2, 0) is 9.53 Å². The molecule has 3 rings (SSSR count). The topological polar surface area (TPSA) is 92.8 Å². The molecule has 1 atom stereocenters. The maximum absolute atomic E-state index is 12.7. The molecule has 0 bridgehead atoms. The maximum atomic E-state index is 12.7. The molecule has 0 saturated heterocycles. The second kappa shape index (κ2) is 7.18. The Morgan fingerprint density at radius 3 is 2.76 bits per heavy atom. The molecule has 1 aliphatic rings. The van der Waals surface area contributed by atoms with Crippen molar-refractivity contribution in [1.82, 2.24) is 14.8 Å². The number of aromatic nitrogens is 3. The van der Waals surface area contributed by atoms with Gasteiger partial charge in [-0.3, -0.25) is 0 Å². The van der Waals surface area contributed by atoms with Gasteiger partial charge in [0.25, 0.3) is 0 Å². The van der Waals surface area contributed by atoms with Gasteiger partial charge in [-0.1, -0.05) is 25.5 Å². The Morgan fingerprint density at radius 2 is 2.12 bits per heavy atom. The Kier molecular flexibility index (Phi) is 4.80. The van der Waals surface area contributed by atoms with Crippen molar-refractivity contribution < 1.29 is 9.53 Å². The molecule has 2 heterocycles. The van der Waals surface area contributed by atoms with E-state index in [0.717, 1.165) is 17.7 Å². The number of esters is 1. The number of anilines is 1. The summed E-state index contributed by atoms with van der Waals surface area (Å²) in [7, 11) is 0. The van der Waals surface area contributed by atoms with Crippen molar-refractivity contribution in [1.29, 1.82) is 5.26 Å². The number of ether oxygens (including phenoxy) is 1. The van der Waals surface area contributed by atoms with Gasteiger partial charge in [0.15, 0.2) is 0 Å². The Labute approximate surface area is 145 Å². The molecule has 1 aromatic heterocycles. The van der Waals surface area contributed by atoms with Gasteiger partial charge < -0.3 is 10.1 Å². The minimum absolute atomic E-state index is 0.298. The summed E-state index contributed by atoms with van der Waals surface area (Å²) in [6.45, 7) is 4.13. The van der Waals surface area contributed by atoms with Gasteiger partial charge in [0.2, 0.25) is 5.95 Å². The van der Waals surface area contributed by atoms with Gasteiger partial charge in [0.05, 0.1) is 23.8 Å². The maximum Gasteiger partial charge on any atom is 0.338 e. The summed E-state index contributed by atoms with van der Waals surface area (Å²) in [5, 5.41) is 16.5. The molecule has 1 aromatic carbocycles. The Morgan fingerprint density at radius 1 is 1.36 bits per heavy atom. The van der Waals surface area contributed by atoms with Crippen LogP contribution >= 0.6 is 0 Å². The van der Waals surface area contributed by atoms with Gasteiger partial charge in [-0.15, -0.1) is 0 Å². The van der Waals surface area contributed by atoms with Crippen LogP contribution in [0.15, 0.2) is 41.9 Å². The zero-order valence-electron chi connectivity index (χ0n) is 14.2. The zero-order valence-corrected chi connectivity index (χ0v) is 14.2. The van der Waals surface area contributed by atoms with Gasteiger partial charge in [-0.2, -0.15) is 15.3 Å². The van der Waals surface area contributed by atoms with E-state index in [9.17, 15) is 4.79 Å². The summed E-state index contributed by atoms with van der Waals surface area (Å²) in [6, 6.07) is 8.80. The summed E-state index contributed by atoms with van der Waals surface area (Å²) >= 11 is 0. The van der Waals surface area contributed by atoms with Crippen LogP contribution < -0.4 is 5.32 Å². The van der Waals surface area contributed by atoms with Crippen LogP contribution in [0.1, 0.15) is 43.9 Å². The molecule has 1 N–H and O–H groups in total. The first-order valence-electron chi connectivity index (χ1n) is 8.26. The third kappa shape index (κ3) is 3.11. The number of nitriles is 1. The largest absolute Gasteiger partial charge is 0.463 e. The predicted octanol–water partition coefficient (Wildman–Crippen LogP) is 2.78. The summed E-state index contributed by atoms with van der Waals surface area (Å²) in [6.07, 6.45) is 3.03. The summed E-state index contributed by atoms with van der Waals surface area (Å²) in [4.78, 5) is 16.9. The number of nitrogens with one attached hydrogen (secondary N) is 1. The molecular formula is C18H19N5O2. The third-order valence-corrected chi connectivity index (χ3v) is 4.03. The quantitative estimate of drug-likeness (QED) is 0.843. The van der Waals surface area contributed by atoms with Crippen LogP contribution in [0.25, 0.3) is 0 Å². The van der Waals surface area contributed by atoms with E-state index in [4.69, 9.17) is 10.00 Å². The molecule has 128 valence electrons. The highest BCUT2D eigenvalue weighted by Gasteiger charge is 2.35. The van der Waals surface area contributed by atoms with E-state index >= 15 is 0 Å². The molecular weight excluding hydrogens is 318 g/mol. The minimum atomic E-state index is -0.438. The normalized spacial score (nSPS) is 16.0. The van der Waals surface area contributed by atoms with Crippen LogP contribution in [0, 0.1) is 11.3 Å². The van der Waals surface area contributed by atoms with Gasteiger partial charge in [-0.05, 0) is 31.0 Å². The fourth-order valence-electron chi connectivity index (χ4n) is 2.96. The minimum Gasteiger partial charge on any atom is -0.463 e. The smallest absolute Gasteiger partial charge is 0.338 e. The number of carbonyl (C=O) groups excluding carboxylic acids is 1. The van der Waals surface area contributed by atoms with Gasteiger partial charge >= 0.3 is 5.97 Å². The lowest BCUT2D eigenvalue weighted by Gasteiger charge is -2.29. The summed E-state index contributed by atoms with van der Waals surface area (Å²) in [5.41, 5.74) is 2.75. The highest BCUT2D eigenvalue weighted by molar-refractivity contribution is 5.92. The molecule has 7 nitrogen and oxygen atoms in total. The van der Waals surface area contributed by atoms with Crippen molar-refractivity contribution in [2.45, 2.75) is 32.7 Å². The molecule has 25 heavy (non-hydrogen) atoms. The molecule has 0 radical (unpaired) electrons. The highest BCUT2D eigenvalue weighted by Crippen LogP contribution is 2.36. The molecule has 0 fully saturated rings. The SMILES string of the molecule is CCCC1=C(C(=O)OCC)[C@@H](c2ccc(C#N)cc2)n2ncnc2N1. The van der Waals surface area contributed by atoms with E-state index in [0.29, 0.717) is 30.1 Å². The fraction of sp³-hybridized carbons (Fsp3) is 0.333. The lowest BCUT2D eigenvalue weighted by molar-refractivity contribution is -0.139. The number of allylic oxidation sites excluding steroid dienone is 1. The molecule has 0 spiro atoms. The van der Waals surface area contributed by atoms with E-state index in [1.165, 1.54) is 6.33 Å². The molecule has 0 saturated carbocycles. The molecule has 1 aliphatic heterocycles. The predicted molar refractivity (Wildman–Crippen MR) is 91.5 cm³/mol. The number of rotatable bonds is 5. The number of hydrogen-bond acceptors (Lipinski definition) is 6. The first-order chi connectivity index (χ1) is 12.2. The highest BCUT2D eigenvalue weighted by atomic mass is 16.5. The van der Waals surface area contributed by atoms with Crippen LogP contribution in [-0.4, -0.2) is 27.3 Å². The lowest BCUT2D eigenvalue weighted by atomic mass is 9.93. The van der Waals surface area contributed by atoms with Crippen molar-refractivity contribution in [3.63, 3.8) is 0 Å². The van der Waals surface area contributed by atoms with Crippen LogP contribution in [0.5, 0.6) is 0 Å². The Bertz CT molecular complexity index is 845. The first-order valence-corrected chi connectivity index (χ1v) is 8.26. The second-order valence-corrected chi connectivity index (χ2v) is 5.65. The first kappa shape index (κ1) is 16.7. The van der Waals surface area contributed by atoms with Crippen LogP contribution in [0.3, 0.4) is 0 Å². The number of nitrogens with zero attached hydrogens (tertiary/aromatic N) is 4. The third-order valence-electron chi connectivity index (χ3n) is 4.03. The van der Waals surface area contributed by atoms with E-state index in [1.807, 2.05) is 19.1 Å². The second-order valence-electron chi connectivity index (χ2n) is 5.65. The van der Waals surface area contributed by atoms with Gasteiger partial charge in [-0.25, -0.2) is 9.48 Å². The zero-order chi connectivity index (χ0) is 17.8. The number of carbonyl (C=O) groups is 1. The molecule has 0 unspecified atom stereocenters. The number of benzene rings is 1.